The molecule has 0 aliphatic rings. The lowest BCUT2D eigenvalue weighted by Gasteiger charge is -2.27. The predicted octanol–water partition coefficient (Wildman–Crippen LogP) is 2.19. The van der Waals surface area contributed by atoms with Crippen molar-refractivity contribution >= 4 is 17.5 Å². The van der Waals surface area contributed by atoms with Gasteiger partial charge in [0.1, 0.15) is 5.15 Å². The maximum absolute atomic E-state index is 12.1. The van der Waals surface area contributed by atoms with E-state index in [1.807, 2.05) is 13.8 Å². The molecule has 0 saturated carbocycles. The highest BCUT2D eigenvalue weighted by Crippen LogP contribution is 2.14. The molecule has 1 aromatic heterocycles. The molecule has 0 bridgehead atoms. The van der Waals surface area contributed by atoms with E-state index in [-0.39, 0.29) is 12.5 Å². The number of aliphatic hydroxyl groups is 1. The van der Waals surface area contributed by atoms with Gasteiger partial charge in [-0.15, -0.1) is 0 Å². The monoisotopic (exact) mass is 270 g/mol. The number of aliphatic hydroxyl groups excluding tert-OH is 1. The lowest BCUT2D eigenvalue weighted by molar-refractivity contribution is 0.0847. The van der Waals surface area contributed by atoms with Crippen molar-refractivity contribution < 1.29 is 9.90 Å². The van der Waals surface area contributed by atoms with Crippen LogP contribution in [-0.4, -0.2) is 28.1 Å². The smallest absolute Gasteiger partial charge is 0.251 e. The Labute approximate surface area is 112 Å². The van der Waals surface area contributed by atoms with Crippen LogP contribution in [-0.2, 0) is 6.42 Å². The number of carbonyl (C=O) groups is 1. The number of rotatable bonds is 5. The highest BCUT2D eigenvalue weighted by Gasteiger charge is 2.24. The van der Waals surface area contributed by atoms with Crippen LogP contribution in [0.1, 0.15) is 43.2 Å². The first-order chi connectivity index (χ1) is 8.44. The summed E-state index contributed by atoms with van der Waals surface area (Å²) >= 11 is 5.87. The lowest BCUT2D eigenvalue weighted by atomic mass is 9.99. The van der Waals surface area contributed by atoms with Crippen molar-refractivity contribution in [1.29, 1.82) is 0 Å². The summed E-state index contributed by atoms with van der Waals surface area (Å²) in [5.41, 5.74) is 0.633. The zero-order valence-corrected chi connectivity index (χ0v) is 11.7. The molecule has 4 nitrogen and oxygen atoms in total. The van der Waals surface area contributed by atoms with Crippen molar-refractivity contribution in [3.05, 3.63) is 28.5 Å². The van der Waals surface area contributed by atoms with Crippen LogP contribution in [0.5, 0.6) is 0 Å². The Bertz CT molecular complexity index is 431. The van der Waals surface area contributed by atoms with Gasteiger partial charge in [0.05, 0.1) is 12.1 Å². The van der Waals surface area contributed by atoms with Gasteiger partial charge >= 0.3 is 0 Å². The van der Waals surface area contributed by atoms with Gasteiger partial charge in [-0.2, -0.15) is 0 Å². The molecule has 1 heterocycles. The fraction of sp³-hybridized carbons (Fsp3) is 0.538. The number of hydrogen-bond donors (Lipinski definition) is 2. The number of aryl methyl sites for hydroxylation is 1. The summed E-state index contributed by atoms with van der Waals surface area (Å²) in [6.07, 6.45) is 1.36. The quantitative estimate of drug-likeness (QED) is 0.806. The third-order valence-electron chi connectivity index (χ3n) is 3.02. The molecule has 0 spiro atoms. The summed E-state index contributed by atoms with van der Waals surface area (Å²) in [6, 6.07) is 3.25. The van der Waals surface area contributed by atoms with E-state index in [2.05, 4.69) is 10.3 Å². The standard InChI is InChI=1S/C13H19ClN2O2/c1-4-10-6-9(7-11(14)15-10)12(18)16-13(3,5-2)8-17/h6-7,17H,4-5,8H2,1-3H3,(H,16,18). The van der Waals surface area contributed by atoms with Crippen molar-refractivity contribution in [1.82, 2.24) is 10.3 Å². The van der Waals surface area contributed by atoms with Crippen LogP contribution >= 0.6 is 11.6 Å². The number of pyridine rings is 1. The van der Waals surface area contributed by atoms with E-state index >= 15 is 0 Å². The second kappa shape index (κ2) is 6.16. The molecule has 18 heavy (non-hydrogen) atoms. The molecule has 1 rings (SSSR count). The lowest BCUT2D eigenvalue weighted by Crippen LogP contribution is -2.48. The van der Waals surface area contributed by atoms with Gasteiger partial charge < -0.3 is 10.4 Å². The summed E-state index contributed by atoms with van der Waals surface area (Å²) in [7, 11) is 0. The summed E-state index contributed by atoms with van der Waals surface area (Å²) in [5, 5.41) is 12.4. The number of nitrogens with zero attached hydrogens (tertiary/aromatic N) is 1. The van der Waals surface area contributed by atoms with Gasteiger partial charge in [-0.05, 0) is 31.9 Å². The molecule has 100 valence electrons. The Morgan fingerprint density at radius 3 is 2.67 bits per heavy atom. The molecule has 0 aromatic carbocycles. The van der Waals surface area contributed by atoms with E-state index in [1.54, 1.807) is 13.0 Å². The van der Waals surface area contributed by atoms with Gasteiger partial charge in [0, 0.05) is 11.3 Å². The Kier molecular flexibility index (Phi) is 5.11. The van der Waals surface area contributed by atoms with Crippen LogP contribution in [0.25, 0.3) is 0 Å². The van der Waals surface area contributed by atoms with Gasteiger partial charge in [0.25, 0.3) is 5.91 Å². The molecule has 5 heteroatoms. The number of aromatic nitrogens is 1. The van der Waals surface area contributed by atoms with E-state index < -0.39 is 5.54 Å². The summed E-state index contributed by atoms with van der Waals surface area (Å²) in [6.45, 7) is 5.56. The van der Waals surface area contributed by atoms with Crippen LogP contribution in [0.2, 0.25) is 5.15 Å². The minimum atomic E-state index is -0.612. The summed E-state index contributed by atoms with van der Waals surface area (Å²) in [4.78, 5) is 16.2. The molecule has 2 N–H and O–H groups in total. The largest absolute Gasteiger partial charge is 0.394 e. The first-order valence-corrected chi connectivity index (χ1v) is 6.41. The van der Waals surface area contributed by atoms with E-state index in [9.17, 15) is 9.90 Å². The van der Waals surface area contributed by atoms with Gasteiger partial charge in [0.2, 0.25) is 0 Å². The number of carbonyl (C=O) groups excluding carboxylic acids is 1. The molecule has 1 amide bonds. The van der Waals surface area contributed by atoms with E-state index in [4.69, 9.17) is 11.6 Å². The molecule has 0 aliphatic carbocycles. The first kappa shape index (κ1) is 14.9. The van der Waals surface area contributed by atoms with Crippen molar-refractivity contribution in [2.24, 2.45) is 0 Å². The van der Waals surface area contributed by atoms with Gasteiger partial charge in [-0.25, -0.2) is 4.98 Å². The molecule has 1 aromatic rings. The highest BCUT2D eigenvalue weighted by molar-refractivity contribution is 6.29. The predicted molar refractivity (Wildman–Crippen MR) is 71.9 cm³/mol. The normalized spacial score (nSPS) is 14.1. The number of nitrogens with one attached hydrogen (secondary N) is 1. The Balaban J connectivity index is 2.94. The molecular weight excluding hydrogens is 252 g/mol. The zero-order chi connectivity index (χ0) is 13.8. The molecule has 1 unspecified atom stereocenters. The van der Waals surface area contributed by atoms with Gasteiger partial charge in [0.15, 0.2) is 0 Å². The average Bonchev–Trinajstić information content (AvgIpc) is 2.37. The second-order valence-corrected chi connectivity index (χ2v) is 4.94. The molecule has 0 fully saturated rings. The fourth-order valence-corrected chi connectivity index (χ4v) is 1.68. The SMILES string of the molecule is CCc1cc(C(=O)NC(C)(CC)CO)cc(Cl)n1. The Morgan fingerprint density at radius 1 is 1.50 bits per heavy atom. The fourth-order valence-electron chi connectivity index (χ4n) is 1.45. The third kappa shape index (κ3) is 3.68. The van der Waals surface area contributed by atoms with E-state index in [0.717, 1.165) is 5.69 Å². The summed E-state index contributed by atoms with van der Waals surface area (Å²) in [5.74, 6) is -0.243. The van der Waals surface area contributed by atoms with Crippen molar-refractivity contribution in [3.8, 4) is 0 Å². The van der Waals surface area contributed by atoms with Gasteiger partial charge in [-0.3, -0.25) is 4.79 Å². The average molecular weight is 271 g/mol. The van der Waals surface area contributed by atoms with Crippen LogP contribution < -0.4 is 5.32 Å². The maximum atomic E-state index is 12.1. The van der Waals surface area contributed by atoms with Crippen LogP contribution in [0.3, 0.4) is 0 Å². The minimum Gasteiger partial charge on any atom is -0.394 e. The maximum Gasteiger partial charge on any atom is 0.251 e. The topological polar surface area (TPSA) is 62.2 Å². The Morgan fingerprint density at radius 2 is 2.17 bits per heavy atom. The molecular formula is C13H19ClN2O2. The third-order valence-corrected chi connectivity index (χ3v) is 3.21. The molecule has 0 aliphatic heterocycles. The first-order valence-electron chi connectivity index (χ1n) is 6.04. The summed E-state index contributed by atoms with van der Waals surface area (Å²) < 4.78 is 0. The van der Waals surface area contributed by atoms with E-state index in [1.165, 1.54) is 6.07 Å². The van der Waals surface area contributed by atoms with Crippen molar-refractivity contribution in [3.63, 3.8) is 0 Å². The van der Waals surface area contributed by atoms with Gasteiger partial charge in [-0.1, -0.05) is 25.4 Å². The van der Waals surface area contributed by atoms with Crippen LogP contribution in [0.4, 0.5) is 0 Å². The molecule has 0 radical (unpaired) electrons. The van der Waals surface area contributed by atoms with Crippen LogP contribution in [0, 0.1) is 0 Å². The van der Waals surface area contributed by atoms with Crippen LogP contribution in [0.15, 0.2) is 12.1 Å². The number of amides is 1. The van der Waals surface area contributed by atoms with E-state index in [0.29, 0.717) is 23.6 Å². The van der Waals surface area contributed by atoms with Crippen molar-refractivity contribution in [2.75, 3.05) is 6.61 Å². The Hall–Kier alpha value is -1.13. The highest BCUT2D eigenvalue weighted by atomic mass is 35.5. The minimum absolute atomic E-state index is 0.102. The van der Waals surface area contributed by atoms with Crippen molar-refractivity contribution in [2.45, 2.75) is 39.2 Å². The number of hydrogen-bond acceptors (Lipinski definition) is 3. The molecule has 0 saturated heterocycles. The zero-order valence-electron chi connectivity index (χ0n) is 11.0. The second-order valence-electron chi connectivity index (χ2n) is 4.55. The molecule has 1 atom stereocenters. The number of halogens is 1.